The van der Waals surface area contributed by atoms with E-state index < -0.39 is 11.9 Å². The van der Waals surface area contributed by atoms with Crippen molar-refractivity contribution < 1.29 is 49.0 Å². The molecule has 0 radical (unpaired) electrons. The Bertz CT molecular complexity index is 1320. The summed E-state index contributed by atoms with van der Waals surface area (Å²) in [6.45, 7) is -0.198. The van der Waals surface area contributed by atoms with Crippen molar-refractivity contribution in [1.29, 1.82) is 0 Å². The second-order valence-corrected chi connectivity index (χ2v) is 8.15. The number of hydrogen-bond acceptors (Lipinski definition) is 8. The summed E-state index contributed by atoms with van der Waals surface area (Å²) < 4.78 is 21.7. The molecular formula is C30H28O10. The summed E-state index contributed by atoms with van der Waals surface area (Å²) in [7, 11) is 3.04. The van der Waals surface area contributed by atoms with E-state index in [1.54, 1.807) is 60.7 Å². The van der Waals surface area contributed by atoms with Gasteiger partial charge in [-0.2, -0.15) is 0 Å². The zero-order valence-electron chi connectivity index (χ0n) is 21.7. The Morgan fingerprint density at radius 3 is 1.18 bits per heavy atom. The number of rotatable bonds is 10. The largest absolute Gasteiger partial charge is 0.493 e. The van der Waals surface area contributed by atoms with E-state index >= 15 is 0 Å². The van der Waals surface area contributed by atoms with Crippen molar-refractivity contribution in [3.05, 3.63) is 107 Å². The quantitative estimate of drug-likeness (QED) is 0.204. The zero-order chi connectivity index (χ0) is 29.1. The number of hydrogen-bond donors (Lipinski definition) is 4. The van der Waals surface area contributed by atoms with Crippen LogP contribution in [-0.2, 0) is 13.2 Å². The van der Waals surface area contributed by atoms with Gasteiger partial charge in [-0.25, -0.2) is 9.59 Å². The molecule has 0 aromatic heterocycles. The summed E-state index contributed by atoms with van der Waals surface area (Å²) in [5, 5.41) is 35.9. The van der Waals surface area contributed by atoms with Crippen molar-refractivity contribution in [3.63, 3.8) is 0 Å². The molecule has 10 heteroatoms. The highest BCUT2D eigenvalue weighted by Crippen LogP contribution is 2.33. The minimum Gasteiger partial charge on any atom is -0.493 e. The molecule has 0 saturated carbocycles. The normalized spacial score (nSPS) is 10.1. The number of aromatic carboxylic acids is 2. The van der Waals surface area contributed by atoms with Gasteiger partial charge in [0.15, 0.2) is 23.0 Å². The van der Waals surface area contributed by atoms with Gasteiger partial charge < -0.3 is 39.4 Å². The smallest absolute Gasteiger partial charge is 0.335 e. The first-order valence-corrected chi connectivity index (χ1v) is 11.9. The van der Waals surface area contributed by atoms with Gasteiger partial charge in [-0.05, 0) is 83.9 Å². The third kappa shape index (κ3) is 7.97. The summed E-state index contributed by atoms with van der Waals surface area (Å²) >= 11 is 0. The van der Waals surface area contributed by atoms with Crippen molar-refractivity contribution in [2.75, 3.05) is 14.2 Å². The standard InChI is InChI=1S/2C15H14O5/c2*1-19-13-7-2-10(9-16)8-14(13)20-12-5-3-11(4-6-12)15(17)18/h2*2-8,16H,9H2,1H3,(H,17,18). The van der Waals surface area contributed by atoms with Gasteiger partial charge in [0.2, 0.25) is 0 Å². The molecule has 0 heterocycles. The number of carboxylic acids is 2. The van der Waals surface area contributed by atoms with Crippen LogP contribution in [0.15, 0.2) is 84.9 Å². The van der Waals surface area contributed by atoms with Crippen LogP contribution in [0.4, 0.5) is 0 Å². The first kappa shape index (κ1) is 29.5. The lowest BCUT2D eigenvalue weighted by Gasteiger charge is -2.11. The maximum Gasteiger partial charge on any atom is 0.335 e. The van der Waals surface area contributed by atoms with Gasteiger partial charge in [-0.15, -0.1) is 0 Å². The van der Waals surface area contributed by atoms with Gasteiger partial charge in [0, 0.05) is 0 Å². The van der Waals surface area contributed by atoms with E-state index in [2.05, 4.69) is 0 Å². The van der Waals surface area contributed by atoms with Crippen molar-refractivity contribution in [1.82, 2.24) is 0 Å². The Kier molecular flexibility index (Phi) is 10.5. The predicted molar refractivity (Wildman–Crippen MR) is 145 cm³/mol. The number of carboxylic acid groups (broad SMARTS) is 2. The van der Waals surface area contributed by atoms with E-state index in [4.69, 9.17) is 39.4 Å². The number of carbonyl (C=O) groups is 2. The summed E-state index contributed by atoms with van der Waals surface area (Å²) in [5.74, 6) is 0.984. The molecule has 40 heavy (non-hydrogen) atoms. The molecule has 0 spiro atoms. The monoisotopic (exact) mass is 548 g/mol. The van der Waals surface area contributed by atoms with Gasteiger partial charge in [0.1, 0.15) is 11.5 Å². The third-order valence-electron chi connectivity index (χ3n) is 5.48. The molecule has 0 unspecified atom stereocenters. The van der Waals surface area contributed by atoms with Crippen LogP contribution in [0.5, 0.6) is 34.5 Å². The summed E-state index contributed by atoms with van der Waals surface area (Å²) in [6.07, 6.45) is 0. The van der Waals surface area contributed by atoms with Crippen LogP contribution in [-0.4, -0.2) is 46.6 Å². The Labute approximate surface area is 230 Å². The molecule has 0 saturated heterocycles. The van der Waals surface area contributed by atoms with E-state index in [-0.39, 0.29) is 24.3 Å². The van der Waals surface area contributed by atoms with E-state index in [0.717, 1.165) is 0 Å². The van der Waals surface area contributed by atoms with Gasteiger partial charge in [0.25, 0.3) is 0 Å². The molecule has 0 aliphatic carbocycles. The van der Waals surface area contributed by atoms with Crippen LogP contribution in [0.3, 0.4) is 0 Å². The van der Waals surface area contributed by atoms with Gasteiger partial charge in [-0.3, -0.25) is 0 Å². The van der Waals surface area contributed by atoms with E-state index in [1.165, 1.54) is 38.5 Å². The van der Waals surface area contributed by atoms with Crippen LogP contribution in [0.2, 0.25) is 0 Å². The molecular weight excluding hydrogens is 520 g/mol. The SMILES string of the molecule is COc1ccc(CO)cc1Oc1ccc(C(=O)O)cc1.COc1ccc(CO)cc1Oc1ccc(C(=O)O)cc1. The number of methoxy groups -OCH3 is 2. The fourth-order valence-electron chi connectivity index (χ4n) is 3.38. The molecule has 208 valence electrons. The fraction of sp³-hybridized carbons (Fsp3) is 0.133. The molecule has 4 aromatic rings. The van der Waals surface area contributed by atoms with Crippen LogP contribution >= 0.6 is 0 Å². The van der Waals surface area contributed by atoms with Crippen molar-refractivity contribution in [2.45, 2.75) is 13.2 Å². The van der Waals surface area contributed by atoms with Gasteiger partial charge in [-0.1, -0.05) is 12.1 Å². The first-order chi connectivity index (χ1) is 19.3. The molecule has 0 atom stereocenters. The lowest BCUT2D eigenvalue weighted by molar-refractivity contribution is 0.0686. The molecule has 0 aliphatic rings. The average Bonchev–Trinajstić information content (AvgIpc) is 2.98. The molecule has 0 aliphatic heterocycles. The molecule has 4 rings (SSSR count). The zero-order valence-corrected chi connectivity index (χ0v) is 21.7. The van der Waals surface area contributed by atoms with Crippen LogP contribution in [0.25, 0.3) is 0 Å². The number of aliphatic hydroxyl groups excluding tert-OH is 2. The highest BCUT2D eigenvalue weighted by molar-refractivity contribution is 5.88. The second kappa shape index (κ2) is 14.2. The van der Waals surface area contributed by atoms with Crippen molar-refractivity contribution >= 4 is 11.9 Å². The number of benzene rings is 4. The van der Waals surface area contributed by atoms with E-state index in [1.807, 2.05) is 0 Å². The molecule has 0 bridgehead atoms. The average molecular weight is 549 g/mol. The minimum atomic E-state index is -0.989. The third-order valence-corrected chi connectivity index (χ3v) is 5.48. The van der Waals surface area contributed by atoms with E-state index in [9.17, 15) is 9.59 Å². The molecule has 4 N–H and O–H groups in total. The first-order valence-electron chi connectivity index (χ1n) is 11.9. The van der Waals surface area contributed by atoms with Gasteiger partial charge in [0.05, 0.1) is 38.6 Å². The molecule has 4 aromatic carbocycles. The minimum absolute atomic E-state index is 0.0989. The van der Waals surface area contributed by atoms with E-state index in [0.29, 0.717) is 45.6 Å². The Morgan fingerprint density at radius 2 is 0.900 bits per heavy atom. The van der Waals surface area contributed by atoms with Gasteiger partial charge >= 0.3 is 11.9 Å². The lowest BCUT2D eigenvalue weighted by Crippen LogP contribution is -1.96. The number of aliphatic hydroxyl groups is 2. The summed E-state index contributed by atoms with van der Waals surface area (Å²) in [4.78, 5) is 21.5. The Balaban J connectivity index is 0.000000220. The molecule has 10 nitrogen and oxygen atoms in total. The maximum atomic E-state index is 10.8. The fourth-order valence-corrected chi connectivity index (χ4v) is 3.38. The number of ether oxygens (including phenoxy) is 4. The highest BCUT2D eigenvalue weighted by Gasteiger charge is 2.10. The topological polar surface area (TPSA) is 152 Å². The van der Waals surface area contributed by atoms with Crippen molar-refractivity contribution in [2.24, 2.45) is 0 Å². The summed E-state index contributed by atoms with van der Waals surface area (Å²) in [5.41, 5.74) is 1.77. The Hall–Kier alpha value is -5.06. The van der Waals surface area contributed by atoms with Crippen LogP contribution in [0, 0.1) is 0 Å². The molecule has 0 amide bonds. The second-order valence-electron chi connectivity index (χ2n) is 8.15. The summed E-state index contributed by atoms with van der Waals surface area (Å²) in [6, 6.07) is 22.3. The maximum absolute atomic E-state index is 10.8. The Morgan fingerprint density at radius 1 is 0.550 bits per heavy atom. The van der Waals surface area contributed by atoms with Crippen LogP contribution < -0.4 is 18.9 Å². The molecule has 0 fully saturated rings. The highest BCUT2D eigenvalue weighted by atomic mass is 16.5. The van der Waals surface area contributed by atoms with Crippen LogP contribution in [0.1, 0.15) is 31.8 Å². The predicted octanol–water partition coefficient (Wildman–Crippen LogP) is 5.36. The lowest BCUT2D eigenvalue weighted by atomic mass is 10.2. The van der Waals surface area contributed by atoms with Crippen molar-refractivity contribution in [3.8, 4) is 34.5 Å².